The van der Waals surface area contributed by atoms with E-state index in [-0.39, 0.29) is 0 Å². The molecule has 92 valence electrons. The number of hydrogen-bond donors (Lipinski definition) is 0. The average Bonchev–Trinajstić information content (AvgIpc) is 2.97. The molecule has 0 radical (unpaired) electrons. The molecule has 0 amide bonds. The molecule has 0 bridgehead atoms. The highest BCUT2D eigenvalue weighted by molar-refractivity contribution is 5.81. The highest BCUT2D eigenvalue weighted by atomic mass is 16.7. The molecule has 2 heterocycles. The second kappa shape index (κ2) is 4.56. The molecular weight excluding hydrogens is 230 g/mol. The van der Waals surface area contributed by atoms with E-state index in [2.05, 4.69) is 4.99 Å². The Bertz CT molecular complexity index is 586. The van der Waals surface area contributed by atoms with E-state index >= 15 is 0 Å². The van der Waals surface area contributed by atoms with Gasteiger partial charge in [-0.2, -0.15) is 0 Å². The topological polar surface area (TPSA) is 44.0 Å². The summed E-state index contributed by atoms with van der Waals surface area (Å²) in [5.74, 6) is 3.33. The van der Waals surface area contributed by atoms with E-state index in [1.165, 1.54) is 0 Å². The van der Waals surface area contributed by atoms with Crippen LogP contribution in [0, 0.1) is 6.92 Å². The maximum atomic E-state index is 5.44. The summed E-state index contributed by atoms with van der Waals surface area (Å²) in [6.07, 6.45) is 1.81. The third-order valence-corrected chi connectivity index (χ3v) is 2.68. The molecule has 18 heavy (non-hydrogen) atoms. The van der Waals surface area contributed by atoms with Crippen LogP contribution in [0.15, 0.2) is 39.7 Å². The van der Waals surface area contributed by atoms with Crippen molar-refractivity contribution in [2.75, 3.05) is 6.79 Å². The normalized spacial score (nSPS) is 13.4. The number of fused-ring (bicyclic) bond motifs is 1. The first-order valence-electron chi connectivity index (χ1n) is 5.76. The summed E-state index contributed by atoms with van der Waals surface area (Å²) in [5.41, 5.74) is 0.988. The molecule has 0 aliphatic carbocycles. The quantitative estimate of drug-likeness (QED) is 0.778. The van der Waals surface area contributed by atoms with Gasteiger partial charge in [0.05, 0.1) is 6.54 Å². The van der Waals surface area contributed by atoms with Gasteiger partial charge >= 0.3 is 0 Å². The first-order valence-corrected chi connectivity index (χ1v) is 5.76. The highest BCUT2D eigenvalue weighted by Gasteiger charge is 2.12. The van der Waals surface area contributed by atoms with Crippen LogP contribution in [0.5, 0.6) is 11.5 Å². The highest BCUT2D eigenvalue weighted by Crippen LogP contribution is 2.31. The molecule has 2 aromatic rings. The number of nitrogens with zero attached hydrogens (tertiary/aromatic N) is 1. The number of aryl methyl sites for hydroxylation is 1. The zero-order valence-corrected chi connectivity index (χ0v) is 10.1. The number of aliphatic imine (C=N–C) groups is 1. The van der Waals surface area contributed by atoms with Gasteiger partial charge in [-0.3, -0.25) is 4.99 Å². The Morgan fingerprint density at radius 3 is 2.89 bits per heavy atom. The van der Waals surface area contributed by atoms with Gasteiger partial charge in [-0.05, 0) is 42.8 Å². The number of rotatable bonds is 3. The van der Waals surface area contributed by atoms with Gasteiger partial charge in [0.2, 0.25) is 6.79 Å². The van der Waals surface area contributed by atoms with Crippen molar-refractivity contribution in [1.29, 1.82) is 0 Å². The van der Waals surface area contributed by atoms with Crippen molar-refractivity contribution in [2.45, 2.75) is 13.5 Å². The number of hydrogen-bond acceptors (Lipinski definition) is 4. The lowest BCUT2D eigenvalue weighted by atomic mass is 10.2. The molecule has 4 heteroatoms. The molecular formula is C14H13NO3. The zero-order chi connectivity index (χ0) is 12.4. The Kier molecular flexibility index (Phi) is 2.76. The minimum atomic E-state index is 0.293. The third kappa shape index (κ3) is 2.22. The molecule has 4 nitrogen and oxygen atoms in total. The lowest BCUT2D eigenvalue weighted by Gasteiger charge is -1.97. The smallest absolute Gasteiger partial charge is 0.231 e. The minimum Gasteiger partial charge on any atom is -0.464 e. The summed E-state index contributed by atoms with van der Waals surface area (Å²) in [7, 11) is 0. The second-order valence-corrected chi connectivity index (χ2v) is 4.09. The molecule has 1 aromatic carbocycles. The Morgan fingerprint density at radius 2 is 2.06 bits per heavy atom. The summed E-state index contributed by atoms with van der Waals surface area (Å²) in [4.78, 5) is 4.34. The fraction of sp³-hybridized carbons (Fsp3) is 0.214. The standard InChI is InChI=1S/C14H13NO3/c1-10-2-4-12(18-10)8-15-7-11-3-5-13-14(6-11)17-9-16-13/h2-7H,8-9H2,1H3. The summed E-state index contributed by atoms with van der Waals surface area (Å²) >= 11 is 0. The molecule has 0 saturated carbocycles. The number of ether oxygens (including phenoxy) is 2. The van der Waals surface area contributed by atoms with Gasteiger partial charge in [0.1, 0.15) is 11.5 Å². The molecule has 3 rings (SSSR count). The van der Waals surface area contributed by atoms with Crippen molar-refractivity contribution in [3.05, 3.63) is 47.4 Å². The molecule has 0 unspecified atom stereocenters. The Balaban J connectivity index is 1.69. The first-order chi connectivity index (χ1) is 8.81. The van der Waals surface area contributed by atoms with Crippen LogP contribution in [0.2, 0.25) is 0 Å². The maximum absolute atomic E-state index is 5.44. The van der Waals surface area contributed by atoms with Gasteiger partial charge < -0.3 is 13.9 Å². The van der Waals surface area contributed by atoms with Gasteiger partial charge in [-0.15, -0.1) is 0 Å². The monoisotopic (exact) mass is 243 g/mol. The SMILES string of the molecule is Cc1ccc(CN=Cc2ccc3c(c2)OCO3)o1. The first kappa shape index (κ1) is 10.9. The van der Waals surface area contributed by atoms with Crippen molar-refractivity contribution in [1.82, 2.24) is 0 Å². The zero-order valence-electron chi connectivity index (χ0n) is 10.1. The lowest BCUT2D eigenvalue weighted by molar-refractivity contribution is 0.174. The number of benzene rings is 1. The molecule has 0 saturated heterocycles. The van der Waals surface area contributed by atoms with Crippen molar-refractivity contribution in [2.24, 2.45) is 4.99 Å². The van der Waals surface area contributed by atoms with E-state index in [9.17, 15) is 0 Å². The van der Waals surface area contributed by atoms with Crippen LogP contribution in [0.25, 0.3) is 0 Å². The molecule has 1 aliphatic heterocycles. The van der Waals surface area contributed by atoms with E-state index in [4.69, 9.17) is 13.9 Å². The Hall–Kier alpha value is -2.23. The minimum absolute atomic E-state index is 0.293. The molecule has 1 aromatic heterocycles. The number of furan rings is 1. The van der Waals surface area contributed by atoms with Gasteiger partial charge in [-0.1, -0.05) is 0 Å². The van der Waals surface area contributed by atoms with E-state index in [0.717, 1.165) is 28.6 Å². The van der Waals surface area contributed by atoms with Crippen LogP contribution in [0.1, 0.15) is 17.1 Å². The summed E-state index contributed by atoms with van der Waals surface area (Å²) < 4.78 is 16.0. The molecule has 1 aliphatic rings. The van der Waals surface area contributed by atoms with Crippen molar-refractivity contribution >= 4 is 6.21 Å². The van der Waals surface area contributed by atoms with E-state index in [0.29, 0.717) is 13.3 Å². The van der Waals surface area contributed by atoms with Crippen LogP contribution in [-0.4, -0.2) is 13.0 Å². The van der Waals surface area contributed by atoms with Crippen LogP contribution in [0.3, 0.4) is 0 Å². The average molecular weight is 243 g/mol. The van der Waals surface area contributed by atoms with Gasteiger partial charge in [0.15, 0.2) is 11.5 Å². The van der Waals surface area contributed by atoms with E-state index in [1.807, 2.05) is 37.3 Å². The fourth-order valence-electron chi connectivity index (χ4n) is 1.80. The maximum Gasteiger partial charge on any atom is 0.231 e. The van der Waals surface area contributed by atoms with Crippen LogP contribution in [0.4, 0.5) is 0 Å². The van der Waals surface area contributed by atoms with Crippen LogP contribution < -0.4 is 9.47 Å². The van der Waals surface area contributed by atoms with Gasteiger partial charge in [0, 0.05) is 6.21 Å². The predicted molar refractivity (Wildman–Crippen MR) is 67.3 cm³/mol. The molecule has 0 N–H and O–H groups in total. The molecule has 0 fully saturated rings. The Morgan fingerprint density at radius 1 is 1.17 bits per heavy atom. The van der Waals surface area contributed by atoms with Crippen LogP contribution in [-0.2, 0) is 6.54 Å². The second-order valence-electron chi connectivity index (χ2n) is 4.09. The van der Waals surface area contributed by atoms with Crippen molar-refractivity contribution in [3.8, 4) is 11.5 Å². The molecule has 0 spiro atoms. The van der Waals surface area contributed by atoms with Crippen molar-refractivity contribution in [3.63, 3.8) is 0 Å². The summed E-state index contributed by atoms with van der Waals surface area (Å²) in [6.45, 7) is 2.76. The largest absolute Gasteiger partial charge is 0.464 e. The summed E-state index contributed by atoms with van der Waals surface area (Å²) in [5, 5.41) is 0. The predicted octanol–water partition coefficient (Wildman–Crippen LogP) is 2.94. The van der Waals surface area contributed by atoms with E-state index in [1.54, 1.807) is 6.21 Å². The Labute approximate surface area is 105 Å². The van der Waals surface area contributed by atoms with Gasteiger partial charge in [0.25, 0.3) is 0 Å². The lowest BCUT2D eigenvalue weighted by Crippen LogP contribution is -1.92. The third-order valence-electron chi connectivity index (χ3n) is 2.68. The summed E-state index contributed by atoms with van der Waals surface area (Å²) in [6, 6.07) is 9.63. The van der Waals surface area contributed by atoms with Gasteiger partial charge in [-0.25, -0.2) is 0 Å². The van der Waals surface area contributed by atoms with Crippen LogP contribution >= 0.6 is 0 Å². The molecule has 0 atom stereocenters. The fourth-order valence-corrected chi connectivity index (χ4v) is 1.80. The van der Waals surface area contributed by atoms with E-state index < -0.39 is 0 Å². The van der Waals surface area contributed by atoms with Crippen molar-refractivity contribution < 1.29 is 13.9 Å².